The molecule has 274 valence electrons. The van der Waals surface area contributed by atoms with Crippen LogP contribution in [0.4, 0.5) is 29.2 Å². The van der Waals surface area contributed by atoms with Crippen LogP contribution in [0.1, 0.15) is 33.2 Å². The number of hydrogen-bond acceptors (Lipinski definition) is 12. The van der Waals surface area contributed by atoms with Crippen molar-refractivity contribution in [3.63, 3.8) is 0 Å². The number of nitrogens with zero attached hydrogens (tertiary/aromatic N) is 3. The van der Waals surface area contributed by atoms with E-state index in [1.54, 1.807) is 91.0 Å². The summed E-state index contributed by atoms with van der Waals surface area (Å²) in [5, 5.41) is 34.4. The molecule has 2 amide bonds. The van der Waals surface area contributed by atoms with Crippen LogP contribution >= 0.6 is 0 Å². The van der Waals surface area contributed by atoms with E-state index in [1.165, 1.54) is 19.1 Å². The number of aromatic nitrogens is 3. The smallest absolute Gasteiger partial charge is 0.333 e. The first-order valence-electron chi connectivity index (χ1n) is 16.7. The molecule has 1 atom stereocenters. The number of rotatable bonds is 19. The fourth-order valence-corrected chi connectivity index (χ4v) is 4.91. The zero-order valence-electron chi connectivity index (χ0n) is 28.9. The Morgan fingerprint density at radius 1 is 0.642 bits per heavy atom. The molecule has 1 aromatic heterocycles. The highest BCUT2D eigenvalue weighted by Gasteiger charge is 2.37. The Balaban J connectivity index is 1.16. The molecule has 5 aromatic rings. The largest absolute Gasteiger partial charge is 0.508 e. The Bertz CT molecular complexity index is 1970. The Labute approximate surface area is 305 Å². The zero-order chi connectivity index (χ0) is 37.5. The van der Waals surface area contributed by atoms with Gasteiger partial charge in [-0.25, -0.2) is 4.79 Å². The maximum Gasteiger partial charge on any atom is 0.333 e. The van der Waals surface area contributed by atoms with E-state index in [4.69, 9.17) is 9.47 Å². The number of ether oxygens (including phenoxy) is 2. The lowest BCUT2D eigenvalue weighted by Gasteiger charge is -2.27. The van der Waals surface area contributed by atoms with Crippen molar-refractivity contribution < 1.29 is 34.1 Å². The lowest BCUT2D eigenvalue weighted by molar-refractivity contribution is -0.144. The Hall–Kier alpha value is -6.58. The SMILES string of the molecule is CC(NC(=O)c1cccc(Nc2nc(NCCOCCOCCNC(=O)c3ccccc3)nc(Nc3ccc(O)cc3)n2)c1)(C(=O)O)c1ccccc1. The number of aliphatic carboxylic acids is 1. The van der Waals surface area contributed by atoms with Crippen molar-refractivity contribution in [2.45, 2.75) is 12.5 Å². The van der Waals surface area contributed by atoms with Crippen LogP contribution in [0.5, 0.6) is 5.75 Å². The van der Waals surface area contributed by atoms with E-state index in [0.29, 0.717) is 62.0 Å². The van der Waals surface area contributed by atoms with Gasteiger partial charge in [0.05, 0.1) is 26.4 Å². The summed E-state index contributed by atoms with van der Waals surface area (Å²) in [6.07, 6.45) is 0. The number of carboxylic acids is 1. The van der Waals surface area contributed by atoms with E-state index in [-0.39, 0.29) is 35.1 Å². The fraction of sp³-hybridized carbons (Fsp3) is 0.211. The third-order valence-electron chi connectivity index (χ3n) is 7.75. The van der Waals surface area contributed by atoms with Crippen molar-refractivity contribution >= 4 is 47.0 Å². The molecule has 0 radical (unpaired) electrons. The standard InChI is InChI=1S/C38H40N8O7/c1-38(34(50)51,28-12-6-3-7-13-28)46-33(49)27-11-8-14-30(25-27)42-37-44-35(43-36(45-37)41-29-15-17-31(47)18-16-29)40-20-22-53-24-23-52-21-19-39-32(48)26-9-4-2-5-10-26/h2-18,25,47H,19-24H2,1H3,(H,39,48)(H,46,49)(H,50,51)(H3,40,41,42,43,44,45). The predicted octanol–water partition coefficient (Wildman–Crippen LogP) is 4.67. The molecule has 4 aromatic carbocycles. The zero-order valence-corrected chi connectivity index (χ0v) is 28.9. The summed E-state index contributed by atoms with van der Waals surface area (Å²) in [6, 6.07) is 30.3. The number of amides is 2. The van der Waals surface area contributed by atoms with Crippen molar-refractivity contribution in [2.24, 2.45) is 0 Å². The number of phenols is 1. The fourth-order valence-electron chi connectivity index (χ4n) is 4.91. The molecule has 1 heterocycles. The Kier molecular flexibility index (Phi) is 13.2. The molecule has 0 saturated carbocycles. The molecule has 0 bridgehead atoms. The van der Waals surface area contributed by atoms with Crippen molar-refractivity contribution in [1.82, 2.24) is 25.6 Å². The molecule has 0 fully saturated rings. The van der Waals surface area contributed by atoms with Crippen LogP contribution in [0.15, 0.2) is 109 Å². The Morgan fingerprint density at radius 2 is 1.23 bits per heavy atom. The van der Waals surface area contributed by atoms with Crippen LogP contribution in [-0.4, -0.2) is 82.5 Å². The molecule has 0 spiro atoms. The summed E-state index contributed by atoms with van der Waals surface area (Å²) in [6.45, 7) is 3.52. The molecule has 0 aliphatic carbocycles. The van der Waals surface area contributed by atoms with Crippen LogP contribution in [0.25, 0.3) is 0 Å². The first-order valence-corrected chi connectivity index (χ1v) is 16.7. The summed E-state index contributed by atoms with van der Waals surface area (Å²) in [4.78, 5) is 51.0. The maximum atomic E-state index is 13.3. The van der Waals surface area contributed by atoms with Crippen LogP contribution < -0.4 is 26.6 Å². The third-order valence-corrected chi connectivity index (χ3v) is 7.75. The van der Waals surface area contributed by atoms with Crippen LogP contribution in [-0.2, 0) is 19.8 Å². The molecule has 15 heteroatoms. The second-order valence-corrected chi connectivity index (χ2v) is 11.7. The van der Waals surface area contributed by atoms with E-state index in [1.807, 2.05) is 6.07 Å². The second kappa shape index (κ2) is 18.6. The number of anilines is 5. The van der Waals surface area contributed by atoms with Gasteiger partial charge in [0.1, 0.15) is 5.75 Å². The number of hydrogen-bond donors (Lipinski definition) is 7. The van der Waals surface area contributed by atoms with Gasteiger partial charge in [-0.05, 0) is 67.1 Å². The van der Waals surface area contributed by atoms with Gasteiger partial charge in [0, 0.05) is 35.6 Å². The number of carbonyl (C=O) groups is 3. The molecule has 53 heavy (non-hydrogen) atoms. The number of carbonyl (C=O) groups excluding carboxylic acids is 2. The average Bonchev–Trinajstić information content (AvgIpc) is 3.17. The number of aromatic hydroxyl groups is 1. The minimum atomic E-state index is -1.66. The van der Waals surface area contributed by atoms with Crippen molar-refractivity contribution in [3.05, 3.63) is 126 Å². The lowest BCUT2D eigenvalue weighted by Crippen LogP contribution is -2.49. The monoisotopic (exact) mass is 720 g/mol. The van der Waals surface area contributed by atoms with E-state index in [9.17, 15) is 24.6 Å². The van der Waals surface area contributed by atoms with Gasteiger partial charge in [-0.1, -0.05) is 54.6 Å². The summed E-state index contributed by atoms with van der Waals surface area (Å²) >= 11 is 0. The molecule has 0 aliphatic rings. The number of nitrogens with one attached hydrogen (secondary N) is 5. The van der Waals surface area contributed by atoms with Gasteiger partial charge >= 0.3 is 5.97 Å². The van der Waals surface area contributed by atoms with Gasteiger partial charge in [-0.15, -0.1) is 0 Å². The summed E-state index contributed by atoms with van der Waals surface area (Å²) < 4.78 is 11.2. The first kappa shape index (κ1) is 37.7. The average molecular weight is 721 g/mol. The van der Waals surface area contributed by atoms with Crippen molar-refractivity contribution in [1.29, 1.82) is 0 Å². The maximum absolute atomic E-state index is 13.3. The highest BCUT2D eigenvalue weighted by Crippen LogP contribution is 2.24. The number of phenolic OH excluding ortho intramolecular Hbond substituents is 1. The molecule has 0 saturated heterocycles. The van der Waals surface area contributed by atoms with Gasteiger partial charge in [-0.3, -0.25) is 9.59 Å². The van der Waals surface area contributed by atoms with E-state index in [0.717, 1.165) is 0 Å². The van der Waals surface area contributed by atoms with E-state index < -0.39 is 17.4 Å². The number of benzene rings is 4. The molecule has 1 unspecified atom stereocenters. The predicted molar refractivity (Wildman–Crippen MR) is 199 cm³/mol. The highest BCUT2D eigenvalue weighted by atomic mass is 16.5. The number of carboxylic acid groups (broad SMARTS) is 1. The van der Waals surface area contributed by atoms with Crippen LogP contribution in [0, 0.1) is 0 Å². The van der Waals surface area contributed by atoms with Gasteiger partial charge in [0.25, 0.3) is 11.8 Å². The molecule has 15 nitrogen and oxygen atoms in total. The minimum Gasteiger partial charge on any atom is -0.508 e. The van der Waals surface area contributed by atoms with Crippen molar-refractivity contribution in [2.75, 3.05) is 55.5 Å². The molecule has 7 N–H and O–H groups in total. The molecular weight excluding hydrogens is 680 g/mol. The summed E-state index contributed by atoms with van der Waals surface area (Å²) in [7, 11) is 0. The molecular formula is C38H40N8O7. The topological polar surface area (TPSA) is 209 Å². The van der Waals surface area contributed by atoms with Crippen LogP contribution in [0.3, 0.4) is 0 Å². The highest BCUT2D eigenvalue weighted by molar-refractivity contribution is 5.99. The van der Waals surface area contributed by atoms with E-state index in [2.05, 4.69) is 41.5 Å². The Morgan fingerprint density at radius 3 is 1.89 bits per heavy atom. The normalized spacial score (nSPS) is 11.9. The van der Waals surface area contributed by atoms with Gasteiger partial charge in [0.15, 0.2) is 5.54 Å². The summed E-state index contributed by atoms with van der Waals surface area (Å²) in [5.74, 6) is -1.27. The third kappa shape index (κ3) is 11.2. The van der Waals surface area contributed by atoms with Crippen molar-refractivity contribution in [3.8, 4) is 5.75 Å². The minimum absolute atomic E-state index is 0.104. The second-order valence-electron chi connectivity index (χ2n) is 11.7. The van der Waals surface area contributed by atoms with Gasteiger partial charge < -0.3 is 46.3 Å². The summed E-state index contributed by atoms with van der Waals surface area (Å²) in [5.41, 5.74) is 0.648. The quantitative estimate of drug-likeness (QED) is 0.0458. The molecule has 5 rings (SSSR count). The first-order chi connectivity index (χ1) is 25.7. The molecule has 0 aliphatic heterocycles. The van der Waals surface area contributed by atoms with Gasteiger partial charge in [-0.2, -0.15) is 15.0 Å². The van der Waals surface area contributed by atoms with Gasteiger partial charge in [0.2, 0.25) is 17.8 Å². The lowest BCUT2D eigenvalue weighted by atomic mass is 9.91. The van der Waals surface area contributed by atoms with E-state index >= 15 is 0 Å². The van der Waals surface area contributed by atoms with Crippen LogP contribution in [0.2, 0.25) is 0 Å².